The summed E-state index contributed by atoms with van der Waals surface area (Å²) in [5, 5.41) is 2.60. The van der Waals surface area contributed by atoms with Crippen molar-refractivity contribution in [3.63, 3.8) is 0 Å². The molecule has 4 atom stereocenters. The molecule has 4 unspecified atom stereocenters. The molecule has 72 heavy (non-hydrogen) atoms. The van der Waals surface area contributed by atoms with E-state index in [1.165, 1.54) is 0 Å². The van der Waals surface area contributed by atoms with Crippen molar-refractivity contribution in [2.75, 3.05) is 0 Å². The van der Waals surface area contributed by atoms with Crippen molar-refractivity contribution in [1.82, 2.24) is 39.9 Å². The molecule has 8 bridgehead atoms. The molecule has 2 aliphatic heterocycles. The number of rotatable bonds is 8. The van der Waals surface area contributed by atoms with Gasteiger partial charge in [-0.3, -0.25) is 0 Å². The van der Waals surface area contributed by atoms with Crippen molar-refractivity contribution in [2.45, 2.75) is 39.2 Å². The molecule has 0 fully saturated rings. The number of H-pyrrole nitrogens is 2. The lowest BCUT2D eigenvalue weighted by molar-refractivity contribution is 0.682. The van der Waals surface area contributed by atoms with E-state index in [1.54, 1.807) is 0 Å². The maximum absolute atomic E-state index is 14.1. The summed E-state index contributed by atoms with van der Waals surface area (Å²) in [6.45, 7) is 0. The third kappa shape index (κ3) is 7.72. The average molecular weight is 1010 g/mol. The number of fused-ring (bicyclic) bond motifs is 20. The quantitative estimate of drug-likeness (QED) is 0.149. The van der Waals surface area contributed by atoms with Crippen LogP contribution in [0.1, 0.15) is 0 Å². The fourth-order valence-corrected chi connectivity index (χ4v) is 13.3. The van der Waals surface area contributed by atoms with Gasteiger partial charge < -0.3 is 9.97 Å². The van der Waals surface area contributed by atoms with Gasteiger partial charge >= 0.3 is 0 Å². The molecule has 0 amide bonds. The van der Waals surface area contributed by atoms with Crippen molar-refractivity contribution in [1.29, 1.82) is 0 Å². The van der Waals surface area contributed by atoms with Gasteiger partial charge in [-0.15, -0.1) is 0 Å². The smallest absolute Gasteiger partial charge is 0.164 e. The Kier molecular flexibility index (Phi) is 10.8. The number of hydrogen-bond acceptors (Lipinski definition) is 10. The molecule has 0 saturated heterocycles. The Bertz CT molecular complexity index is 4030. The van der Waals surface area contributed by atoms with Gasteiger partial charge in [0, 0.05) is 83.0 Å². The Morgan fingerprint density at radius 3 is 0.861 bits per heavy atom. The van der Waals surface area contributed by atoms with Gasteiger partial charge in [0.2, 0.25) is 0 Å². The van der Waals surface area contributed by atoms with Crippen molar-refractivity contribution in [2.24, 2.45) is 0 Å². The minimum Gasteiger partial charge on any atom is -0.324 e. The van der Waals surface area contributed by atoms with Crippen molar-refractivity contribution in [3.8, 4) is 45.6 Å². The predicted octanol–water partition coefficient (Wildman–Crippen LogP) is 11.5. The van der Waals surface area contributed by atoms with E-state index in [2.05, 4.69) is 9.97 Å². The lowest BCUT2D eigenvalue weighted by Gasteiger charge is -2.05. The average Bonchev–Trinajstić information content (AvgIpc) is 4.18. The van der Waals surface area contributed by atoms with Gasteiger partial charge in [0.15, 0.2) is 23.3 Å². The molecular weight excluding hydrogens is 977 g/mol. The molecule has 11 aromatic rings. The number of hydrogen-bond donors (Lipinski definition) is 2. The number of aromatic nitrogens is 8. The standard InChI is InChI=1S/C56H34N8O4S4/c65-69(33-13-5-1-6-14-33)37-21-25-41-45(29-37)53-57-49(41)62-54-47-31-39(71(67)35-17-9-3-10-18-35)23-27-43(47)51(59-54)64-56-48-32-40(72(68)36-19-11-4-12-20-36)24-28-44(48)52(60-56)63-55-46-30-38(22-26-42(46)50(58-55)61-53)70(66)34-15-7-2-8-16-34/h1-32H,(H2,57,58,59,60,61,62,63,64). The molecule has 3 aromatic heterocycles. The zero-order valence-corrected chi connectivity index (χ0v) is 40.7. The summed E-state index contributed by atoms with van der Waals surface area (Å²) in [5.41, 5.74) is 4.10. The normalized spacial score (nSPS) is 13.6. The topological polar surface area (TPSA) is 177 Å². The van der Waals surface area contributed by atoms with E-state index in [-0.39, 0.29) is 0 Å². The second-order valence-corrected chi connectivity index (χ2v) is 22.7. The molecule has 0 saturated carbocycles. The molecule has 5 heterocycles. The van der Waals surface area contributed by atoms with Gasteiger partial charge in [-0.2, -0.15) is 0 Å². The predicted molar refractivity (Wildman–Crippen MR) is 281 cm³/mol. The van der Waals surface area contributed by atoms with E-state index in [9.17, 15) is 16.8 Å². The molecule has 0 spiro atoms. The first kappa shape index (κ1) is 43.7. The summed E-state index contributed by atoms with van der Waals surface area (Å²) >= 11 is 0. The first-order chi connectivity index (χ1) is 35.3. The highest BCUT2D eigenvalue weighted by Crippen LogP contribution is 2.40. The number of benzene rings is 8. The molecule has 346 valence electrons. The second-order valence-electron chi connectivity index (χ2n) is 16.8. The Hall–Kier alpha value is -8.28. The molecule has 0 radical (unpaired) electrons. The summed E-state index contributed by atoms with van der Waals surface area (Å²) in [5.74, 6) is 1.26. The third-order valence-electron chi connectivity index (χ3n) is 12.4. The Morgan fingerprint density at radius 2 is 0.528 bits per heavy atom. The zero-order valence-electron chi connectivity index (χ0n) is 37.4. The second kappa shape index (κ2) is 17.8. The van der Waals surface area contributed by atoms with Crippen LogP contribution in [0.3, 0.4) is 0 Å². The van der Waals surface area contributed by atoms with Crippen LogP contribution in [0.2, 0.25) is 0 Å². The lowest BCUT2D eigenvalue weighted by atomic mass is 10.1. The Balaban J connectivity index is 1.11. The van der Waals surface area contributed by atoms with E-state index in [4.69, 9.17) is 29.9 Å². The van der Waals surface area contributed by atoms with E-state index < -0.39 is 43.2 Å². The Morgan fingerprint density at radius 1 is 0.250 bits per heavy atom. The minimum atomic E-state index is -1.53. The van der Waals surface area contributed by atoms with Crippen LogP contribution in [0.4, 0.5) is 0 Å². The lowest BCUT2D eigenvalue weighted by Crippen LogP contribution is -1.94. The highest BCUT2D eigenvalue weighted by atomic mass is 32.2. The van der Waals surface area contributed by atoms with Crippen LogP contribution in [0.5, 0.6) is 0 Å². The van der Waals surface area contributed by atoms with E-state index >= 15 is 0 Å². The van der Waals surface area contributed by atoms with Gasteiger partial charge in [-0.25, -0.2) is 46.7 Å². The van der Waals surface area contributed by atoms with Gasteiger partial charge in [0.25, 0.3) is 0 Å². The molecular formula is C56H34N8O4S4. The van der Waals surface area contributed by atoms with Crippen LogP contribution < -0.4 is 0 Å². The van der Waals surface area contributed by atoms with Gasteiger partial charge in [-0.05, 0) is 121 Å². The van der Waals surface area contributed by atoms with Crippen LogP contribution in [-0.4, -0.2) is 56.7 Å². The summed E-state index contributed by atoms with van der Waals surface area (Å²) in [6, 6.07) is 59.1. The fourth-order valence-electron chi connectivity index (χ4n) is 8.89. The molecule has 13 rings (SSSR count). The van der Waals surface area contributed by atoms with Gasteiger partial charge in [0.05, 0.1) is 43.2 Å². The van der Waals surface area contributed by atoms with Crippen molar-refractivity contribution < 1.29 is 16.8 Å². The minimum absolute atomic E-state index is 0.305. The van der Waals surface area contributed by atoms with Crippen LogP contribution in [-0.2, 0) is 43.2 Å². The first-order valence-corrected chi connectivity index (χ1v) is 27.2. The SMILES string of the molecule is O=S(c1ccccc1)c1ccc2c(c1)-c1nc-2nc2[nH]c(nc3nc(nc4[nH]c(n1)c1ccc(S(=O)c5ccccc5)cc41)-c1ccc(S(=O)c4ccccc4)cc1-3)c1ccc(S(=O)c3ccccc3)cc21. The van der Waals surface area contributed by atoms with Gasteiger partial charge in [0.1, 0.15) is 22.6 Å². The van der Waals surface area contributed by atoms with E-state index in [0.717, 1.165) is 0 Å². The van der Waals surface area contributed by atoms with Gasteiger partial charge in [-0.1, -0.05) is 72.8 Å². The number of aromatic amines is 2. The highest BCUT2D eigenvalue weighted by molar-refractivity contribution is 7.86. The number of nitrogens with zero attached hydrogens (tertiary/aromatic N) is 6. The molecule has 12 nitrogen and oxygen atoms in total. The van der Waals surface area contributed by atoms with Crippen molar-refractivity contribution >= 4 is 87.3 Å². The summed E-state index contributed by atoms with van der Waals surface area (Å²) in [7, 11) is -6.10. The van der Waals surface area contributed by atoms with Crippen LogP contribution >= 0.6 is 0 Å². The molecule has 16 heteroatoms. The maximum Gasteiger partial charge on any atom is 0.164 e. The molecule has 2 N–H and O–H groups in total. The van der Waals surface area contributed by atoms with Crippen LogP contribution in [0.25, 0.3) is 89.7 Å². The van der Waals surface area contributed by atoms with Crippen LogP contribution in [0, 0.1) is 0 Å². The third-order valence-corrected chi connectivity index (χ3v) is 17.9. The summed E-state index contributed by atoms with van der Waals surface area (Å²) in [4.78, 5) is 42.7. The summed E-state index contributed by atoms with van der Waals surface area (Å²) in [6.07, 6.45) is 0. The highest BCUT2D eigenvalue weighted by Gasteiger charge is 2.25. The van der Waals surface area contributed by atoms with E-state index in [0.29, 0.717) is 129 Å². The monoisotopic (exact) mass is 1010 g/mol. The van der Waals surface area contributed by atoms with Crippen molar-refractivity contribution in [3.05, 3.63) is 194 Å². The number of nitrogens with one attached hydrogen (secondary N) is 2. The fraction of sp³-hybridized carbons (Fsp3) is 0. The molecule has 2 aliphatic rings. The molecule has 0 aliphatic carbocycles. The Labute approximate surface area is 420 Å². The first-order valence-electron chi connectivity index (χ1n) is 22.6. The maximum atomic E-state index is 14.1. The largest absolute Gasteiger partial charge is 0.324 e. The summed E-state index contributed by atoms with van der Waals surface area (Å²) < 4.78 is 56.3. The molecule has 8 aromatic carbocycles. The zero-order chi connectivity index (χ0) is 48.5. The van der Waals surface area contributed by atoms with E-state index in [1.807, 2.05) is 194 Å². The van der Waals surface area contributed by atoms with Crippen LogP contribution in [0.15, 0.2) is 233 Å².